The minimum absolute atomic E-state index is 0.00199. The molecule has 0 aliphatic carbocycles. The molecule has 2 nitrogen and oxygen atoms in total. The van der Waals surface area contributed by atoms with Crippen LogP contribution in [-0.4, -0.2) is 10.1 Å². The first-order valence-corrected chi connectivity index (χ1v) is 6.96. The van der Waals surface area contributed by atoms with Gasteiger partial charge < -0.3 is 5.11 Å². The van der Waals surface area contributed by atoms with Crippen LogP contribution in [0, 0.1) is 0 Å². The summed E-state index contributed by atoms with van der Waals surface area (Å²) in [6, 6.07) is 1.30. The van der Waals surface area contributed by atoms with Crippen molar-refractivity contribution in [3.63, 3.8) is 0 Å². The summed E-state index contributed by atoms with van der Waals surface area (Å²) in [5.41, 5.74) is -2.77. The minimum atomic E-state index is -4.91. The van der Waals surface area contributed by atoms with Gasteiger partial charge in [-0.3, -0.25) is 0 Å². The summed E-state index contributed by atoms with van der Waals surface area (Å²) in [7, 11) is 0. The van der Waals surface area contributed by atoms with Gasteiger partial charge in [0.1, 0.15) is 5.01 Å². The lowest BCUT2D eigenvalue weighted by Gasteiger charge is -2.13. The van der Waals surface area contributed by atoms with Gasteiger partial charge in [0.2, 0.25) is 0 Å². The third kappa shape index (κ3) is 4.25. The van der Waals surface area contributed by atoms with Crippen LogP contribution in [0.2, 0.25) is 0 Å². The normalized spacial score (nSPS) is 12.4. The van der Waals surface area contributed by atoms with Crippen LogP contribution in [-0.2, 0) is 18.8 Å². The van der Waals surface area contributed by atoms with Crippen molar-refractivity contribution in [2.75, 3.05) is 0 Å². The van der Waals surface area contributed by atoms with Gasteiger partial charge in [0.15, 0.2) is 0 Å². The predicted octanol–water partition coefficient (Wildman–Crippen LogP) is 5.46. The Hall–Kier alpha value is -2.03. The highest BCUT2D eigenvalue weighted by molar-refractivity contribution is 7.13. The molecular formula is C14H9F6NOS. The molecule has 0 spiro atoms. The van der Waals surface area contributed by atoms with Crippen LogP contribution in [0.1, 0.15) is 16.8 Å². The van der Waals surface area contributed by atoms with Crippen LogP contribution in [0.25, 0.3) is 10.6 Å². The first kappa shape index (κ1) is 17.3. The third-order valence-corrected chi connectivity index (χ3v) is 3.71. The van der Waals surface area contributed by atoms with Gasteiger partial charge >= 0.3 is 12.4 Å². The van der Waals surface area contributed by atoms with E-state index in [0.717, 1.165) is 11.3 Å². The summed E-state index contributed by atoms with van der Waals surface area (Å²) in [4.78, 5) is 3.93. The minimum Gasteiger partial charge on any atom is -0.513 e. The molecule has 0 radical (unpaired) electrons. The van der Waals surface area contributed by atoms with Crippen molar-refractivity contribution in [3.8, 4) is 10.6 Å². The molecule has 0 aliphatic heterocycles. The monoisotopic (exact) mass is 353 g/mol. The lowest BCUT2D eigenvalue weighted by atomic mass is 10.1. The van der Waals surface area contributed by atoms with Crippen LogP contribution in [0.15, 0.2) is 35.9 Å². The summed E-state index contributed by atoms with van der Waals surface area (Å²) in [6.45, 7) is 3.25. The van der Waals surface area contributed by atoms with Crippen molar-refractivity contribution in [2.45, 2.75) is 18.8 Å². The predicted molar refractivity (Wildman–Crippen MR) is 73.0 cm³/mol. The molecule has 0 fully saturated rings. The van der Waals surface area contributed by atoms with Crippen LogP contribution in [0.4, 0.5) is 26.3 Å². The molecule has 0 bridgehead atoms. The van der Waals surface area contributed by atoms with Gasteiger partial charge in [-0.15, -0.1) is 11.3 Å². The number of rotatable bonds is 3. The Morgan fingerprint density at radius 3 is 2.00 bits per heavy atom. The molecule has 2 aromatic rings. The number of allylic oxidation sites excluding steroid dienone is 1. The average molecular weight is 353 g/mol. The molecule has 23 heavy (non-hydrogen) atoms. The fraction of sp³-hybridized carbons (Fsp3) is 0.214. The topological polar surface area (TPSA) is 33.1 Å². The quantitative estimate of drug-likeness (QED) is 0.587. The Morgan fingerprint density at radius 1 is 1.04 bits per heavy atom. The van der Waals surface area contributed by atoms with E-state index in [-0.39, 0.29) is 28.8 Å². The Kier molecular flexibility index (Phi) is 4.43. The van der Waals surface area contributed by atoms with E-state index in [1.165, 1.54) is 5.38 Å². The van der Waals surface area contributed by atoms with Crippen molar-refractivity contribution < 1.29 is 31.4 Å². The number of benzene rings is 1. The smallest absolute Gasteiger partial charge is 0.416 e. The van der Waals surface area contributed by atoms with Crippen LogP contribution in [0.5, 0.6) is 0 Å². The average Bonchev–Trinajstić information content (AvgIpc) is 2.83. The number of hydrogen-bond donors (Lipinski definition) is 1. The summed E-state index contributed by atoms with van der Waals surface area (Å²) in [5.74, 6) is -0.207. The molecule has 9 heteroatoms. The highest BCUT2D eigenvalue weighted by Crippen LogP contribution is 2.39. The highest BCUT2D eigenvalue weighted by Gasteiger charge is 2.37. The SMILES string of the molecule is C=C(O)Cc1csc(-c2cc(C(F)(F)F)cc(C(F)(F)F)c2)n1. The largest absolute Gasteiger partial charge is 0.513 e. The fourth-order valence-electron chi connectivity index (χ4n) is 1.81. The summed E-state index contributed by atoms with van der Waals surface area (Å²) < 4.78 is 76.8. The molecule has 0 saturated carbocycles. The summed E-state index contributed by atoms with van der Waals surface area (Å²) in [5, 5.41) is 10.5. The van der Waals surface area contributed by atoms with Crippen molar-refractivity contribution in [1.82, 2.24) is 4.98 Å². The Labute approximate surface area is 130 Å². The molecular weight excluding hydrogens is 344 g/mol. The van der Waals surface area contributed by atoms with Gasteiger partial charge in [0.25, 0.3) is 0 Å². The van der Waals surface area contributed by atoms with Crippen LogP contribution in [0.3, 0.4) is 0 Å². The number of nitrogens with zero attached hydrogens (tertiary/aromatic N) is 1. The molecule has 1 N–H and O–H groups in total. The van der Waals surface area contributed by atoms with Crippen molar-refractivity contribution in [1.29, 1.82) is 0 Å². The van der Waals surface area contributed by atoms with Crippen LogP contribution < -0.4 is 0 Å². The molecule has 0 saturated heterocycles. The van der Waals surface area contributed by atoms with E-state index in [9.17, 15) is 26.3 Å². The number of aliphatic hydroxyl groups is 1. The third-order valence-electron chi connectivity index (χ3n) is 2.77. The van der Waals surface area contributed by atoms with Crippen molar-refractivity contribution in [3.05, 3.63) is 52.7 Å². The number of halogens is 6. The standard InChI is InChI=1S/C14H9F6NOS/c1-7(22)2-11-6-23-12(21-11)8-3-9(13(15,16)17)5-10(4-8)14(18,19)20/h3-6,22H,1-2H2. The number of aliphatic hydroxyl groups excluding tert-OH is 1. The lowest BCUT2D eigenvalue weighted by molar-refractivity contribution is -0.143. The number of hydrogen-bond acceptors (Lipinski definition) is 3. The lowest BCUT2D eigenvalue weighted by Crippen LogP contribution is -2.11. The molecule has 0 aliphatic rings. The Balaban J connectivity index is 2.53. The van der Waals surface area contributed by atoms with Gasteiger partial charge in [-0.2, -0.15) is 26.3 Å². The van der Waals surface area contributed by atoms with E-state index in [1.54, 1.807) is 0 Å². The maximum Gasteiger partial charge on any atom is 0.416 e. The Morgan fingerprint density at radius 2 is 1.57 bits per heavy atom. The number of aromatic nitrogens is 1. The molecule has 1 heterocycles. The number of thiazole rings is 1. The first-order valence-electron chi connectivity index (χ1n) is 6.08. The fourth-order valence-corrected chi connectivity index (χ4v) is 2.62. The summed E-state index contributed by atoms with van der Waals surface area (Å²) in [6.07, 6.45) is -9.84. The molecule has 0 atom stereocenters. The van der Waals surface area contributed by atoms with Gasteiger partial charge in [0, 0.05) is 17.4 Å². The molecule has 1 aromatic heterocycles. The Bertz CT molecular complexity index is 699. The van der Waals surface area contributed by atoms with Crippen molar-refractivity contribution >= 4 is 11.3 Å². The summed E-state index contributed by atoms with van der Waals surface area (Å²) >= 11 is 0.885. The zero-order chi connectivity index (χ0) is 17.4. The van der Waals surface area contributed by atoms with Gasteiger partial charge in [-0.05, 0) is 18.2 Å². The zero-order valence-corrected chi connectivity index (χ0v) is 12.1. The zero-order valence-electron chi connectivity index (χ0n) is 11.3. The molecule has 0 unspecified atom stereocenters. The molecule has 0 amide bonds. The van der Waals surface area contributed by atoms with E-state index in [2.05, 4.69) is 11.6 Å². The van der Waals surface area contributed by atoms with E-state index in [0.29, 0.717) is 17.8 Å². The van der Waals surface area contributed by atoms with E-state index in [1.807, 2.05) is 0 Å². The van der Waals surface area contributed by atoms with Gasteiger partial charge in [-0.25, -0.2) is 4.98 Å². The van der Waals surface area contributed by atoms with Gasteiger partial charge in [0.05, 0.1) is 22.6 Å². The van der Waals surface area contributed by atoms with Gasteiger partial charge in [-0.1, -0.05) is 6.58 Å². The highest BCUT2D eigenvalue weighted by atomic mass is 32.1. The maximum atomic E-state index is 12.8. The number of alkyl halides is 6. The molecule has 1 aromatic carbocycles. The van der Waals surface area contributed by atoms with E-state index in [4.69, 9.17) is 5.11 Å². The maximum absolute atomic E-state index is 12.8. The van der Waals surface area contributed by atoms with E-state index < -0.39 is 23.5 Å². The molecule has 124 valence electrons. The van der Waals surface area contributed by atoms with Crippen LogP contribution >= 0.6 is 11.3 Å². The second-order valence-electron chi connectivity index (χ2n) is 4.68. The second kappa shape index (κ2) is 5.88. The second-order valence-corrected chi connectivity index (χ2v) is 5.54. The van der Waals surface area contributed by atoms with E-state index >= 15 is 0 Å². The molecule has 2 rings (SSSR count). The first-order chi connectivity index (χ1) is 10.5. The van der Waals surface area contributed by atoms with Crippen molar-refractivity contribution in [2.24, 2.45) is 0 Å².